The van der Waals surface area contributed by atoms with E-state index in [1.807, 2.05) is 65.4 Å². The second-order valence-corrected chi connectivity index (χ2v) is 10.1. The van der Waals surface area contributed by atoms with Crippen molar-refractivity contribution in [2.75, 3.05) is 19.8 Å². The van der Waals surface area contributed by atoms with Crippen LogP contribution in [0.15, 0.2) is 71.0 Å². The first-order valence-corrected chi connectivity index (χ1v) is 13.7. The second-order valence-electron chi connectivity index (χ2n) is 8.10. The zero-order valence-electron chi connectivity index (χ0n) is 20.5. The first kappa shape index (κ1) is 25.0. The molecule has 5 aromatic rings. The number of benzene rings is 2. The maximum Gasteiger partial charge on any atom is 0.338 e. The Kier molecular flexibility index (Phi) is 7.55. The average Bonchev–Trinajstić information content (AvgIpc) is 3.56. The quantitative estimate of drug-likeness (QED) is 0.183. The predicted molar refractivity (Wildman–Crippen MR) is 147 cm³/mol. The molecule has 3 aromatic heterocycles. The number of hydrogen-bond donors (Lipinski definition) is 0. The molecule has 1 amide bonds. The van der Waals surface area contributed by atoms with Gasteiger partial charge in [0.15, 0.2) is 4.80 Å². The van der Waals surface area contributed by atoms with Crippen molar-refractivity contribution in [1.29, 1.82) is 0 Å². The van der Waals surface area contributed by atoms with Gasteiger partial charge in [-0.05, 0) is 55.6 Å². The monoisotopic (exact) mass is 531 g/mol. The Bertz CT molecular complexity index is 1650. The largest absolute Gasteiger partial charge is 0.462 e. The molecule has 0 radical (unpaired) electrons. The number of carbonyl (C=O) groups excluding carboxylic acids is 2. The Morgan fingerprint density at radius 2 is 1.89 bits per heavy atom. The highest BCUT2D eigenvalue weighted by molar-refractivity contribution is 7.16. The van der Waals surface area contributed by atoms with E-state index in [9.17, 15) is 9.59 Å². The highest BCUT2D eigenvalue weighted by atomic mass is 32.1. The van der Waals surface area contributed by atoms with E-state index in [1.54, 1.807) is 30.4 Å². The SMILES string of the molecule is CCOCCn1c(=NC(=O)c2cc(-c3cccs3)nc3ccccc23)sc2cc(C(=O)OCC)ccc21. The summed E-state index contributed by atoms with van der Waals surface area (Å²) >= 11 is 2.94. The summed E-state index contributed by atoms with van der Waals surface area (Å²) in [6, 6.07) is 18.8. The molecule has 0 spiro atoms. The minimum Gasteiger partial charge on any atom is -0.462 e. The number of fused-ring (bicyclic) bond motifs is 2. The number of pyridine rings is 1. The van der Waals surface area contributed by atoms with Crippen LogP contribution in [0.25, 0.3) is 31.7 Å². The number of para-hydroxylation sites is 1. The van der Waals surface area contributed by atoms with Crippen LogP contribution in [0.1, 0.15) is 34.6 Å². The Hall–Kier alpha value is -3.66. The van der Waals surface area contributed by atoms with Gasteiger partial charge in [-0.2, -0.15) is 4.99 Å². The van der Waals surface area contributed by atoms with Crippen LogP contribution in [0.4, 0.5) is 0 Å². The number of thiophene rings is 1. The third-order valence-corrected chi connectivity index (χ3v) is 7.71. The Labute approximate surface area is 221 Å². The number of ether oxygens (including phenoxy) is 2. The fraction of sp³-hybridized carbons (Fsp3) is 0.214. The number of amides is 1. The van der Waals surface area contributed by atoms with Crippen LogP contribution in [0.2, 0.25) is 0 Å². The summed E-state index contributed by atoms with van der Waals surface area (Å²) < 4.78 is 13.5. The van der Waals surface area contributed by atoms with Crippen molar-refractivity contribution in [3.05, 3.63) is 82.0 Å². The summed E-state index contributed by atoms with van der Waals surface area (Å²) in [5.74, 6) is -0.726. The van der Waals surface area contributed by atoms with Crippen LogP contribution in [0.5, 0.6) is 0 Å². The predicted octanol–water partition coefficient (Wildman–Crippen LogP) is 5.93. The van der Waals surface area contributed by atoms with Gasteiger partial charge in [0.05, 0.1) is 50.6 Å². The molecule has 3 heterocycles. The molecule has 0 aliphatic carbocycles. The third kappa shape index (κ3) is 5.24. The molecule has 7 nitrogen and oxygen atoms in total. The first-order chi connectivity index (χ1) is 18.1. The zero-order chi connectivity index (χ0) is 25.8. The van der Waals surface area contributed by atoms with Gasteiger partial charge in [0, 0.05) is 18.5 Å². The Morgan fingerprint density at radius 3 is 2.68 bits per heavy atom. The van der Waals surface area contributed by atoms with Gasteiger partial charge in [-0.3, -0.25) is 4.79 Å². The Morgan fingerprint density at radius 1 is 1.03 bits per heavy atom. The number of esters is 1. The summed E-state index contributed by atoms with van der Waals surface area (Å²) in [4.78, 5) is 36.8. The molecule has 0 saturated heterocycles. The molecule has 0 atom stereocenters. The number of rotatable bonds is 8. The molecule has 0 fully saturated rings. The first-order valence-electron chi connectivity index (χ1n) is 12.0. The third-order valence-electron chi connectivity index (χ3n) is 5.77. The van der Waals surface area contributed by atoms with Crippen molar-refractivity contribution >= 4 is 55.7 Å². The molecule has 5 rings (SSSR count). The zero-order valence-corrected chi connectivity index (χ0v) is 22.1. The highest BCUT2D eigenvalue weighted by Gasteiger charge is 2.16. The number of hydrogen-bond acceptors (Lipinski definition) is 7. The fourth-order valence-corrected chi connectivity index (χ4v) is 5.85. The lowest BCUT2D eigenvalue weighted by molar-refractivity contribution is 0.0526. The van der Waals surface area contributed by atoms with Gasteiger partial charge in [-0.25, -0.2) is 9.78 Å². The molecule has 0 saturated carbocycles. The minimum atomic E-state index is -0.377. The van der Waals surface area contributed by atoms with Crippen molar-refractivity contribution in [3.63, 3.8) is 0 Å². The van der Waals surface area contributed by atoms with E-state index in [0.29, 0.717) is 42.3 Å². The Balaban J connectivity index is 1.64. The van der Waals surface area contributed by atoms with E-state index < -0.39 is 0 Å². The lowest BCUT2D eigenvalue weighted by Gasteiger charge is -2.07. The maximum absolute atomic E-state index is 13.7. The molecule has 0 aliphatic heterocycles. The van der Waals surface area contributed by atoms with E-state index in [1.165, 1.54) is 11.3 Å². The smallest absolute Gasteiger partial charge is 0.338 e. The van der Waals surface area contributed by atoms with Crippen LogP contribution < -0.4 is 4.80 Å². The number of nitrogens with zero attached hydrogens (tertiary/aromatic N) is 3. The van der Waals surface area contributed by atoms with E-state index in [-0.39, 0.29) is 11.9 Å². The summed E-state index contributed by atoms with van der Waals surface area (Å²) in [5, 5.41) is 2.74. The van der Waals surface area contributed by atoms with Crippen molar-refractivity contribution in [3.8, 4) is 10.6 Å². The van der Waals surface area contributed by atoms with Gasteiger partial charge >= 0.3 is 5.97 Å². The average molecular weight is 532 g/mol. The normalized spacial score (nSPS) is 11.9. The fourth-order valence-electron chi connectivity index (χ4n) is 4.07. The second kappa shape index (κ2) is 11.2. The standard InChI is InChI=1S/C28H25N3O4S2/c1-3-34-14-13-31-23-12-11-18(27(33)35-4-2)16-25(23)37-28(31)30-26(32)20-17-22(24-10-7-15-36-24)29-21-9-6-5-8-19(20)21/h5-12,15-17H,3-4,13-14H2,1-2H3. The summed E-state index contributed by atoms with van der Waals surface area (Å²) in [5.41, 5.74) is 3.32. The summed E-state index contributed by atoms with van der Waals surface area (Å²) in [6.45, 7) is 5.61. The number of carbonyl (C=O) groups is 2. The lowest BCUT2D eigenvalue weighted by Crippen LogP contribution is -2.20. The van der Waals surface area contributed by atoms with E-state index >= 15 is 0 Å². The van der Waals surface area contributed by atoms with Crippen molar-refractivity contribution < 1.29 is 19.1 Å². The van der Waals surface area contributed by atoms with Gasteiger partial charge in [0.25, 0.3) is 5.91 Å². The van der Waals surface area contributed by atoms with Crippen LogP contribution in [-0.2, 0) is 16.0 Å². The van der Waals surface area contributed by atoms with Crippen molar-refractivity contribution in [2.24, 2.45) is 4.99 Å². The number of thiazole rings is 1. The molecule has 0 aliphatic rings. The molecular weight excluding hydrogens is 506 g/mol. The van der Waals surface area contributed by atoms with Crippen LogP contribution in [-0.4, -0.2) is 41.2 Å². The van der Waals surface area contributed by atoms with E-state index in [2.05, 4.69) is 4.99 Å². The van der Waals surface area contributed by atoms with Crippen LogP contribution in [0, 0.1) is 0 Å². The molecule has 0 bridgehead atoms. The number of aromatic nitrogens is 2. The van der Waals surface area contributed by atoms with Gasteiger partial charge in [0.1, 0.15) is 0 Å². The van der Waals surface area contributed by atoms with Crippen LogP contribution >= 0.6 is 22.7 Å². The van der Waals surface area contributed by atoms with E-state index in [4.69, 9.17) is 14.5 Å². The molecule has 0 unspecified atom stereocenters. The topological polar surface area (TPSA) is 82.8 Å². The van der Waals surface area contributed by atoms with Crippen molar-refractivity contribution in [1.82, 2.24) is 9.55 Å². The lowest BCUT2D eigenvalue weighted by atomic mass is 10.1. The van der Waals surface area contributed by atoms with Crippen molar-refractivity contribution in [2.45, 2.75) is 20.4 Å². The summed E-state index contributed by atoms with van der Waals surface area (Å²) in [6.07, 6.45) is 0. The molecular formula is C28H25N3O4S2. The van der Waals surface area contributed by atoms with Crippen LogP contribution in [0.3, 0.4) is 0 Å². The molecule has 0 N–H and O–H groups in total. The molecule has 9 heteroatoms. The molecule has 37 heavy (non-hydrogen) atoms. The minimum absolute atomic E-state index is 0.304. The summed E-state index contributed by atoms with van der Waals surface area (Å²) in [7, 11) is 0. The molecule has 2 aromatic carbocycles. The van der Waals surface area contributed by atoms with Gasteiger partial charge < -0.3 is 14.0 Å². The highest BCUT2D eigenvalue weighted by Crippen LogP contribution is 2.28. The maximum atomic E-state index is 13.7. The van der Waals surface area contributed by atoms with Gasteiger partial charge in [-0.15, -0.1) is 11.3 Å². The van der Waals surface area contributed by atoms with E-state index in [0.717, 1.165) is 31.7 Å². The van der Waals surface area contributed by atoms with Gasteiger partial charge in [-0.1, -0.05) is 35.6 Å². The van der Waals surface area contributed by atoms with Gasteiger partial charge in [0.2, 0.25) is 0 Å². The molecule has 188 valence electrons.